The maximum atomic E-state index is 11.2. The highest BCUT2D eigenvalue weighted by Crippen LogP contribution is 2.19. The second-order valence-corrected chi connectivity index (χ2v) is 4.13. The van der Waals surface area contributed by atoms with E-state index in [0.717, 1.165) is 32.5 Å². The van der Waals surface area contributed by atoms with Crippen LogP contribution in [0.4, 0.5) is 0 Å². The molecule has 0 saturated carbocycles. The summed E-state index contributed by atoms with van der Waals surface area (Å²) in [4.78, 5) is 13.4. The summed E-state index contributed by atoms with van der Waals surface area (Å²) in [6, 6.07) is 0. The molecule has 0 unspecified atom stereocenters. The van der Waals surface area contributed by atoms with Gasteiger partial charge in [0.05, 0.1) is 13.0 Å². The fourth-order valence-corrected chi connectivity index (χ4v) is 1.91. The van der Waals surface area contributed by atoms with Crippen molar-refractivity contribution in [2.24, 2.45) is 5.92 Å². The molecule has 4 heteroatoms. The minimum Gasteiger partial charge on any atom is -0.469 e. The third-order valence-electron chi connectivity index (χ3n) is 2.52. The molecule has 0 aromatic carbocycles. The minimum atomic E-state index is -0.0886. The van der Waals surface area contributed by atoms with Crippen LogP contribution in [0, 0.1) is 5.92 Å². The zero-order valence-electron chi connectivity index (χ0n) is 8.46. The van der Waals surface area contributed by atoms with Crippen LogP contribution in [0.15, 0.2) is 11.6 Å². The van der Waals surface area contributed by atoms with Gasteiger partial charge >= 0.3 is 5.97 Å². The molecule has 1 rings (SSSR count). The van der Waals surface area contributed by atoms with Crippen LogP contribution in [0.1, 0.15) is 12.8 Å². The number of methoxy groups -OCH3 is 1. The molecule has 0 amide bonds. The van der Waals surface area contributed by atoms with E-state index < -0.39 is 0 Å². The van der Waals surface area contributed by atoms with Gasteiger partial charge in [0, 0.05) is 11.6 Å². The molecule has 1 fully saturated rings. The topological polar surface area (TPSA) is 29.5 Å². The molecule has 80 valence electrons. The molecule has 1 heterocycles. The summed E-state index contributed by atoms with van der Waals surface area (Å²) in [6.07, 6.45) is 1.72. The van der Waals surface area contributed by atoms with Crippen LogP contribution in [0.25, 0.3) is 0 Å². The van der Waals surface area contributed by atoms with E-state index in [-0.39, 0.29) is 11.9 Å². The van der Waals surface area contributed by atoms with Crippen molar-refractivity contribution in [3.05, 3.63) is 11.6 Å². The van der Waals surface area contributed by atoms with Gasteiger partial charge in [0.25, 0.3) is 0 Å². The SMILES string of the molecule is C=C(Cl)CN1CCC(C(=O)OC)CC1. The van der Waals surface area contributed by atoms with Crippen molar-refractivity contribution in [1.29, 1.82) is 0 Å². The largest absolute Gasteiger partial charge is 0.469 e. The Morgan fingerprint density at radius 2 is 2.14 bits per heavy atom. The highest BCUT2D eigenvalue weighted by molar-refractivity contribution is 6.29. The Hall–Kier alpha value is -0.540. The number of carbonyl (C=O) groups is 1. The van der Waals surface area contributed by atoms with Crippen molar-refractivity contribution < 1.29 is 9.53 Å². The van der Waals surface area contributed by atoms with E-state index in [1.54, 1.807) is 0 Å². The van der Waals surface area contributed by atoms with Gasteiger partial charge in [0.1, 0.15) is 0 Å². The average molecular weight is 218 g/mol. The number of piperidine rings is 1. The first-order chi connectivity index (χ1) is 6.63. The summed E-state index contributed by atoms with van der Waals surface area (Å²) in [5.41, 5.74) is 0. The number of hydrogen-bond donors (Lipinski definition) is 0. The van der Waals surface area contributed by atoms with Gasteiger partial charge in [-0.3, -0.25) is 9.69 Å². The number of rotatable bonds is 3. The molecular formula is C10H16ClNO2. The Morgan fingerprint density at radius 3 is 2.57 bits per heavy atom. The van der Waals surface area contributed by atoms with Gasteiger partial charge < -0.3 is 4.74 Å². The molecule has 0 spiro atoms. The standard InChI is InChI=1S/C10H16ClNO2/c1-8(11)7-12-5-3-9(4-6-12)10(13)14-2/h9H,1,3-7H2,2H3. The predicted molar refractivity (Wildman–Crippen MR) is 56.2 cm³/mol. The zero-order chi connectivity index (χ0) is 10.6. The monoisotopic (exact) mass is 217 g/mol. The van der Waals surface area contributed by atoms with Crippen molar-refractivity contribution in [2.45, 2.75) is 12.8 Å². The Bertz CT molecular complexity index is 222. The second kappa shape index (κ2) is 5.37. The van der Waals surface area contributed by atoms with Gasteiger partial charge in [-0.25, -0.2) is 0 Å². The van der Waals surface area contributed by atoms with Crippen LogP contribution in [-0.4, -0.2) is 37.6 Å². The van der Waals surface area contributed by atoms with Gasteiger partial charge in [-0.15, -0.1) is 0 Å². The summed E-state index contributed by atoms with van der Waals surface area (Å²) >= 11 is 5.71. The van der Waals surface area contributed by atoms with E-state index >= 15 is 0 Å². The van der Waals surface area contributed by atoms with Crippen LogP contribution in [0.3, 0.4) is 0 Å². The van der Waals surface area contributed by atoms with Crippen LogP contribution >= 0.6 is 11.6 Å². The molecule has 1 saturated heterocycles. The van der Waals surface area contributed by atoms with Crippen molar-refractivity contribution in [1.82, 2.24) is 4.90 Å². The Balaban J connectivity index is 2.31. The Kier molecular flexibility index (Phi) is 4.42. The predicted octanol–water partition coefficient (Wildman–Crippen LogP) is 1.62. The Morgan fingerprint density at radius 1 is 1.57 bits per heavy atom. The number of esters is 1. The summed E-state index contributed by atoms with van der Waals surface area (Å²) in [5.74, 6) is -0.0193. The van der Waals surface area contributed by atoms with E-state index in [9.17, 15) is 4.79 Å². The smallest absolute Gasteiger partial charge is 0.308 e. The summed E-state index contributed by atoms with van der Waals surface area (Å²) in [7, 11) is 1.44. The van der Waals surface area contributed by atoms with Crippen molar-refractivity contribution in [3.8, 4) is 0 Å². The van der Waals surface area contributed by atoms with Gasteiger partial charge in [0.2, 0.25) is 0 Å². The molecule has 0 atom stereocenters. The molecule has 0 aliphatic carbocycles. The third-order valence-corrected chi connectivity index (χ3v) is 2.64. The summed E-state index contributed by atoms with van der Waals surface area (Å²) in [6.45, 7) is 6.16. The number of hydrogen-bond acceptors (Lipinski definition) is 3. The first-order valence-corrected chi connectivity index (χ1v) is 5.14. The minimum absolute atomic E-state index is 0.0693. The lowest BCUT2D eigenvalue weighted by Crippen LogP contribution is -2.37. The molecule has 0 N–H and O–H groups in total. The zero-order valence-corrected chi connectivity index (χ0v) is 9.22. The van der Waals surface area contributed by atoms with Gasteiger partial charge in [0.15, 0.2) is 0 Å². The molecule has 0 aromatic heterocycles. The molecule has 0 aromatic rings. The first kappa shape index (κ1) is 11.5. The van der Waals surface area contributed by atoms with E-state index in [4.69, 9.17) is 16.3 Å². The number of likely N-dealkylation sites (tertiary alicyclic amines) is 1. The second-order valence-electron chi connectivity index (χ2n) is 3.59. The van der Waals surface area contributed by atoms with Crippen LogP contribution in [0.2, 0.25) is 0 Å². The lowest BCUT2D eigenvalue weighted by atomic mass is 9.97. The van der Waals surface area contributed by atoms with E-state index in [0.29, 0.717) is 5.03 Å². The van der Waals surface area contributed by atoms with E-state index in [1.807, 2.05) is 0 Å². The summed E-state index contributed by atoms with van der Waals surface area (Å²) < 4.78 is 4.70. The highest BCUT2D eigenvalue weighted by atomic mass is 35.5. The number of halogens is 1. The Labute approximate surface area is 89.7 Å². The molecule has 0 bridgehead atoms. The first-order valence-electron chi connectivity index (χ1n) is 4.77. The highest BCUT2D eigenvalue weighted by Gasteiger charge is 2.25. The van der Waals surface area contributed by atoms with E-state index in [1.165, 1.54) is 7.11 Å². The molecular weight excluding hydrogens is 202 g/mol. The normalized spacial score (nSPS) is 19.3. The molecule has 0 radical (unpaired) electrons. The maximum Gasteiger partial charge on any atom is 0.308 e. The van der Waals surface area contributed by atoms with Crippen LogP contribution < -0.4 is 0 Å². The average Bonchev–Trinajstić information content (AvgIpc) is 2.17. The molecule has 14 heavy (non-hydrogen) atoms. The lowest BCUT2D eigenvalue weighted by molar-refractivity contribution is -0.147. The molecule has 3 nitrogen and oxygen atoms in total. The number of carbonyl (C=O) groups excluding carboxylic acids is 1. The van der Waals surface area contributed by atoms with Gasteiger partial charge in [-0.05, 0) is 25.9 Å². The fourth-order valence-electron chi connectivity index (χ4n) is 1.74. The quantitative estimate of drug-likeness (QED) is 0.673. The number of nitrogens with zero attached hydrogens (tertiary/aromatic N) is 1. The fraction of sp³-hybridized carbons (Fsp3) is 0.700. The number of ether oxygens (including phenoxy) is 1. The van der Waals surface area contributed by atoms with E-state index in [2.05, 4.69) is 11.5 Å². The van der Waals surface area contributed by atoms with Crippen LogP contribution in [0.5, 0.6) is 0 Å². The van der Waals surface area contributed by atoms with Crippen molar-refractivity contribution in [2.75, 3.05) is 26.7 Å². The molecule has 1 aliphatic heterocycles. The molecule has 1 aliphatic rings. The lowest BCUT2D eigenvalue weighted by Gasteiger charge is -2.30. The van der Waals surface area contributed by atoms with Crippen molar-refractivity contribution in [3.63, 3.8) is 0 Å². The maximum absolute atomic E-state index is 11.2. The van der Waals surface area contributed by atoms with Crippen molar-refractivity contribution >= 4 is 17.6 Å². The van der Waals surface area contributed by atoms with Gasteiger partial charge in [-0.2, -0.15) is 0 Å². The summed E-state index contributed by atoms with van der Waals surface area (Å²) in [5, 5.41) is 0.654. The van der Waals surface area contributed by atoms with Crippen LogP contribution in [-0.2, 0) is 9.53 Å². The van der Waals surface area contributed by atoms with Gasteiger partial charge in [-0.1, -0.05) is 18.2 Å². The third kappa shape index (κ3) is 3.31.